The lowest BCUT2D eigenvalue weighted by Crippen LogP contribution is -2.60. The van der Waals surface area contributed by atoms with Gasteiger partial charge in [-0.25, -0.2) is 4.79 Å². The molecule has 4 nitrogen and oxygen atoms in total. The number of hydrogen-bond donors (Lipinski definition) is 1. The molecule has 0 saturated carbocycles. The molecule has 0 heterocycles. The average Bonchev–Trinajstić information content (AvgIpc) is 2.37. The third kappa shape index (κ3) is 3.18. The third-order valence-corrected chi connectivity index (χ3v) is 3.64. The summed E-state index contributed by atoms with van der Waals surface area (Å²) >= 11 is 0. The molecule has 0 aliphatic heterocycles. The molecule has 0 spiro atoms. The second kappa shape index (κ2) is 6.55. The minimum atomic E-state index is -1.19. The first-order chi connectivity index (χ1) is 9.35. The Kier molecular flexibility index (Phi) is 5.31. The van der Waals surface area contributed by atoms with Gasteiger partial charge in [-0.3, -0.25) is 4.79 Å². The second-order valence-corrected chi connectivity index (χ2v) is 5.34. The van der Waals surface area contributed by atoms with Crippen LogP contribution in [0.1, 0.15) is 39.7 Å². The van der Waals surface area contributed by atoms with E-state index in [1.807, 2.05) is 51.1 Å². The van der Waals surface area contributed by atoms with E-state index >= 15 is 0 Å². The van der Waals surface area contributed by atoms with Crippen LogP contribution in [0.25, 0.3) is 0 Å². The van der Waals surface area contributed by atoms with Gasteiger partial charge >= 0.3 is 5.97 Å². The molecular weight excluding hydrogens is 254 g/mol. The Morgan fingerprint density at radius 3 is 2.15 bits per heavy atom. The predicted molar refractivity (Wildman–Crippen MR) is 78.5 cm³/mol. The highest BCUT2D eigenvalue weighted by atomic mass is 16.4. The number of carboxylic acid groups (broad SMARTS) is 1. The van der Waals surface area contributed by atoms with E-state index < -0.39 is 11.5 Å². The lowest BCUT2D eigenvalue weighted by Gasteiger charge is -2.42. The highest BCUT2D eigenvalue weighted by Crippen LogP contribution is 2.28. The molecule has 1 unspecified atom stereocenters. The maximum atomic E-state index is 11.9. The van der Waals surface area contributed by atoms with E-state index in [4.69, 9.17) is 0 Å². The number of hydrogen-bond acceptors (Lipinski definition) is 2. The molecule has 20 heavy (non-hydrogen) atoms. The quantitative estimate of drug-likeness (QED) is 0.869. The first kappa shape index (κ1) is 16.2. The van der Waals surface area contributed by atoms with Crippen LogP contribution in [0.3, 0.4) is 0 Å². The van der Waals surface area contributed by atoms with Gasteiger partial charge in [0.05, 0.1) is 0 Å². The molecule has 0 aromatic heterocycles. The molecule has 0 aliphatic carbocycles. The van der Waals surface area contributed by atoms with Crippen LogP contribution in [0.2, 0.25) is 0 Å². The summed E-state index contributed by atoms with van der Waals surface area (Å²) in [6.07, 6.45) is 0.687. The van der Waals surface area contributed by atoms with Crippen LogP contribution in [0, 0.1) is 0 Å². The Labute approximate surface area is 120 Å². The molecule has 0 radical (unpaired) electrons. The average molecular weight is 277 g/mol. The first-order valence-corrected chi connectivity index (χ1v) is 6.92. The molecule has 1 amide bonds. The lowest BCUT2D eigenvalue weighted by molar-refractivity contribution is -0.161. The van der Waals surface area contributed by atoms with E-state index in [1.54, 1.807) is 0 Å². The van der Waals surface area contributed by atoms with Gasteiger partial charge in [0.2, 0.25) is 5.91 Å². The maximum absolute atomic E-state index is 11.9. The van der Waals surface area contributed by atoms with Gasteiger partial charge in [-0.2, -0.15) is 0 Å². The van der Waals surface area contributed by atoms with Gasteiger partial charge < -0.3 is 10.0 Å². The van der Waals surface area contributed by atoms with Gasteiger partial charge in [0, 0.05) is 19.4 Å². The molecule has 1 atom stereocenters. The van der Waals surface area contributed by atoms with Crippen molar-refractivity contribution in [3.63, 3.8) is 0 Å². The number of carboxylic acids is 1. The van der Waals surface area contributed by atoms with Gasteiger partial charge in [0.15, 0.2) is 0 Å². The van der Waals surface area contributed by atoms with Crippen LogP contribution in [0.5, 0.6) is 0 Å². The summed E-state index contributed by atoms with van der Waals surface area (Å²) in [5.74, 6) is -1.16. The predicted octanol–water partition coefficient (Wildman–Crippen LogP) is 2.72. The van der Waals surface area contributed by atoms with Crippen molar-refractivity contribution in [2.24, 2.45) is 0 Å². The van der Waals surface area contributed by atoms with Crippen molar-refractivity contribution in [2.45, 2.75) is 52.1 Å². The number of carbonyl (C=O) groups excluding carboxylic acids is 1. The molecule has 110 valence electrons. The maximum Gasteiger partial charge on any atom is 0.329 e. The van der Waals surface area contributed by atoms with E-state index in [2.05, 4.69) is 0 Å². The van der Waals surface area contributed by atoms with Crippen molar-refractivity contribution in [2.75, 3.05) is 0 Å². The summed E-state index contributed by atoms with van der Waals surface area (Å²) in [5, 5.41) is 9.76. The minimum Gasteiger partial charge on any atom is -0.479 e. The highest BCUT2D eigenvalue weighted by Gasteiger charge is 2.45. The number of benzene rings is 1. The number of amides is 1. The van der Waals surface area contributed by atoms with Crippen molar-refractivity contribution >= 4 is 11.9 Å². The molecule has 1 aromatic carbocycles. The van der Waals surface area contributed by atoms with Crippen LogP contribution in [0.15, 0.2) is 30.3 Å². The van der Waals surface area contributed by atoms with E-state index in [9.17, 15) is 14.7 Å². The minimum absolute atomic E-state index is 0.160. The van der Waals surface area contributed by atoms with Crippen LogP contribution >= 0.6 is 0 Å². The van der Waals surface area contributed by atoms with E-state index in [0.717, 1.165) is 5.56 Å². The van der Waals surface area contributed by atoms with Crippen molar-refractivity contribution < 1.29 is 14.7 Å². The third-order valence-electron chi connectivity index (χ3n) is 3.64. The number of rotatable bonds is 6. The summed E-state index contributed by atoms with van der Waals surface area (Å²) in [6, 6.07) is 9.28. The Bertz CT molecular complexity index is 470. The molecule has 4 heteroatoms. The van der Waals surface area contributed by atoms with Crippen LogP contribution in [0.4, 0.5) is 0 Å². The monoisotopic (exact) mass is 277 g/mol. The molecule has 0 bridgehead atoms. The zero-order valence-electron chi connectivity index (χ0n) is 12.6. The Balaban J connectivity index is 3.28. The summed E-state index contributed by atoms with van der Waals surface area (Å²) in [7, 11) is 0. The van der Waals surface area contributed by atoms with Crippen molar-refractivity contribution in [3.8, 4) is 0 Å². The Morgan fingerprint density at radius 1 is 1.25 bits per heavy atom. The molecular formula is C16H23NO3. The fraction of sp³-hybridized carbons (Fsp3) is 0.500. The zero-order valence-corrected chi connectivity index (χ0v) is 12.6. The van der Waals surface area contributed by atoms with Crippen molar-refractivity contribution in [3.05, 3.63) is 35.9 Å². The molecule has 0 fully saturated rings. The lowest BCUT2D eigenvalue weighted by atomic mass is 9.85. The number of aliphatic carboxylic acids is 1. The van der Waals surface area contributed by atoms with Crippen LogP contribution < -0.4 is 0 Å². The SMILES string of the molecule is CCC(Cc1ccccc1)(C(=O)O)N(C(C)=O)C(C)C. The molecule has 1 aromatic rings. The van der Waals surface area contributed by atoms with E-state index in [-0.39, 0.29) is 11.9 Å². The topological polar surface area (TPSA) is 57.6 Å². The van der Waals surface area contributed by atoms with Crippen molar-refractivity contribution in [1.29, 1.82) is 0 Å². The molecule has 0 aliphatic rings. The van der Waals surface area contributed by atoms with Gasteiger partial charge in [-0.15, -0.1) is 0 Å². The van der Waals surface area contributed by atoms with E-state index in [1.165, 1.54) is 11.8 Å². The zero-order chi connectivity index (χ0) is 15.3. The molecule has 1 N–H and O–H groups in total. The summed E-state index contributed by atoms with van der Waals surface area (Å²) in [4.78, 5) is 25.3. The normalized spacial score (nSPS) is 13.8. The van der Waals surface area contributed by atoms with Crippen LogP contribution in [-0.2, 0) is 16.0 Å². The Hall–Kier alpha value is -1.84. The van der Waals surface area contributed by atoms with Gasteiger partial charge in [0.1, 0.15) is 5.54 Å². The van der Waals surface area contributed by atoms with Gasteiger partial charge in [0.25, 0.3) is 0 Å². The standard InChI is InChI=1S/C16H23NO3/c1-5-16(15(19)20,17(12(2)3)13(4)18)11-14-9-7-6-8-10-14/h6-10,12H,5,11H2,1-4H3,(H,19,20). The second-order valence-electron chi connectivity index (χ2n) is 5.34. The van der Waals surface area contributed by atoms with Crippen molar-refractivity contribution in [1.82, 2.24) is 4.90 Å². The largest absolute Gasteiger partial charge is 0.479 e. The summed E-state index contributed by atoms with van der Waals surface area (Å²) in [5.41, 5.74) is -0.273. The summed E-state index contributed by atoms with van der Waals surface area (Å²) in [6.45, 7) is 6.94. The number of nitrogens with zero attached hydrogens (tertiary/aromatic N) is 1. The first-order valence-electron chi connectivity index (χ1n) is 6.92. The smallest absolute Gasteiger partial charge is 0.329 e. The number of carbonyl (C=O) groups is 2. The van der Waals surface area contributed by atoms with Gasteiger partial charge in [-0.1, -0.05) is 37.3 Å². The molecule has 1 rings (SSSR count). The van der Waals surface area contributed by atoms with Gasteiger partial charge in [-0.05, 0) is 25.8 Å². The summed E-state index contributed by atoms with van der Waals surface area (Å²) < 4.78 is 0. The fourth-order valence-corrected chi connectivity index (χ4v) is 2.80. The molecule has 0 saturated heterocycles. The Morgan fingerprint density at radius 2 is 1.80 bits per heavy atom. The van der Waals surface area contributed by atoms with E-state index in [0.29, 0.717) is 12.8 Å². The van der Waals surface area contributed by atoms with Crippen LogP contribution in [-0.4, -0.2) is 33.5 Å². The highest BCUT2D eigenvalue weighted by molar-refractivity contribution is 5.86. The fourth-order valence-electron chi connectivity index (χ4n) is 2.80.